The number of ether oxygens (including phenoxy) is 2. The van der Waals surface area contributed by atoms with Crippen molar-refractivity contribution in [3.8, 4) is 5.88 Å². The van der Waals surface area contributed by atoms with Crippen molar-refractivity contribution in [2.75, 3.05) is 25.6 Å². The van der Waals surface area contributed by atoms with Crippen LogP contribution in [0.1, 0.15) is 39.0 Å². The molecule has 0 atom stereocenters. The van der Waals surface area contributed by atoms with Gasteiger partial charge in [-0.25, -0.2) is 4.98 Å². The highest BCUT2D eigenvalue weighted by Gasteiger charge is 2.20. The summed E-state index contributed by atoms with van der Waals surface area (Å²) in [6, 6.07) is 4.24. The molecule has 0 aliphatic rings. The molecule has 0 saturated carbocycles. The van der Waals surface area contributed by atoms with E-state index in [4.69, 9.17) is 9.47 Å². The van der Waals surface area contributed by atoms with Crippen LogP contribution in [0, 0.1) is 10.1 Å². The molecule has 0 unspecified atom stereocenters. The number of aromatic amines is 1. The lowest BCUT2D eigenvalue weighted by Gasteiger charge is -2.15. The van der Waals surface area contributed by atoms with Crippen LogP contribution >= 0.6 is 0 Å². The van der Waals surface area contributed by atoms with Gasteiger partial charge < -0.3 is 20.1 Å². The molecule has 3 rings (SSSR count). The van der Waals surface area contributed by atoms with Gasteiger partial charge >= 0.3 is 0 Å². The van der Waals surface area contributed by atoms with Gasteiger partial charge in [0.2, 0.25) is 5.88 Å². The van der Waals surface area contributed by atoms with Crippen LogP contribution in [0.15, 0.2) is 36.8 Å². The third kappa shape index (κ3) is 5.89. The lowest BCUT2D eigenvalue weighted by atomic mass is 10.0. The zero-order chi connectivity index (χ0) is 24.5. The van der Waals surface area contributed by atoms with Crippen molar-refractivity contribution >= 4 is 23.2 Å². The Bertz CT molecular complexity index is 1170. The number of nitro groups is 1. The fraction of sp³-hybridized carbons (Fsp3) is 0.286. The predicted octanol–water partition coefficient (Wildman–Crippen LogP) is 1.88. The number of nitrogens with zero attached hydrogens (tertiary/aromatic N) is 4. The Labute approximate surface area is 194 Å². The molecule has 0 aliphatic heterocycles. The molecule has 0 bridgehead atoms. The molecule has 3 heterocycles. The molecule has 3 aromatic rings. The number of pyridine rings is 2. The fourth-order valence-electron chi connectivity index (χ4n) is 3.09. The van der Waals surface area contributed by atoms with Crippen molar-refractivity contribution in [1.29, 1.82) is 0 Å². The van der Waals surface area contributed by atoms with E-state index in [-0.39, 0.29) is 42.9 Å². The summed E-state index contributed by atoms with van der Waals surface area (Å²) in [4.78, 5) is 44.1. The van der Waals surface area contributed by atoms with Gasteiger partial charge in [-0.3, -0.25) is 29.8 Å². The minimum Gasteiger partial charge on any atom is -0.474 e. The first-order valence-electron chi connectivity index (χ1n) is 10.3. The van der Waals surface area contributed by atoms with E-state index in [1.807, 2.05) is 6.92 Å². The number of nitrogens with one attached hydrogen (secondary N) is 3. The first-order valence-corrected chi connectivity index (χ1v) is 10.3. The first-order chi connectivity index (χ1) is 16.4. The summed E-state index contributed by atoms with van der Waals surface area (Å²) in [7, 11) is 1.50. The van der Waals surface area contributed by atoms with Gasteiger partial charge in [0, 0.05) is 31.1 Å². The van der Waals surface area contributed by atoms with Gasteiger partial charge in [0.15, 0.2) is 0 Å². The maximum atomic E-state index is 13.1. The molecule has 178 valence electrons. The van der Waals surface area contributed by atoms with Crippen LogP contribution in [0.5, 0.6) is 5.88 Å². The van der Waals surface area contributed by atoms with E-state index in [2.05, 4.69) is 30.8 Å². The zero-order valence-corrected chi connectivity index (χ0v) is 18.5. The number of carbonyl (C=O) groups excluding carboxylic acids is 2. The monoisotopic (exact) mass is 469 g/mol. The minimum atomic E-state index is -0.619. The largest absolute Gasteiger partial charge is 0.474 e. The number of methoxy groups -OCH3 is 1. The van der Waals surface area contributed by atoms with E-state index in [0.29, 0.717) is 28.9 Å². The van der Waals surface area contributed by atoms with Crippen LogP contribution in [-0.2, 0) is 17.7 Å². The number of H-pyrrole nitrogens is 1. The van der Waals surface area contributed by atoms with Gasteiger partial charge in [-0.1, -0.05) is 6.92 Å². The Morgan fingerprint density at radius 1 is 1.18 bits per heavy atom. The molecule has 0 spiro atoms. The molecule has 2 amide bonds. The summed E-state index contributed by atoms with van der Waals surface area (Å²) in [5.41, 5.74) is 1.47. The number of hydrogen-bond donors (Lipinski definition) is 3. The van der Waals surface area contributed by atoms with Crippen LogP contribution in [0.3, 0.4) is 0 Å². The van der Waals surface area contributed by atoms with Crippen LogP contribution in [-0.4, -0.2) is 57.2 Å². The SMILES string of the molecule is CCc1c(C(=O)Nc2cc([N+](=O)[O-])cnc2OCCOC)ccnc1CNC(=O)c1ccn[nH]1. The van der Waals surface area contributed by atoms with E-state index in [0.717, 1.165) is 6.20 Å². The van der Waals surface area contributed by atoms with E-state index in [9.17, 15) is 19.7 Å². The molecule has 0 saturated heterocycles. The van der Waals surface area contributed by atoms with Gasteiger partial charge in [-0.2, -0.15) is 5.10 Å². The Morgan fingerprint density at radius 2 is 2.00 bits per heavy atom. The van der Waals surface area contributed by atoms with Crippen LogP contribution in [0.25, 0.3) is 0 Å². The van der Waals surface area contributed by atoms with Crippen LogP contribution in [0.2, 0.25) is 0 Å². The molecule has 34 heavy (non-hydrogen) atoms. The molecule has 0 radical (unpaired) electrons. The van der Waals surface area contributed by atoms with Crippen molar-refractivity contribution in [2.45, 2.75) is 19.9 Å². The highest BCUT2D eigenvalue weighted by molar-refractivity contribution is 6.06. The van der Waals surface area contributed by atoms with Crippen molar-refractivity contribution < 1.29 is 24.0 Å². The van der Waals surface area contributed by atoms with Crippen molar-refractivity contribution in [2.24, 2.45) is 0 Å². The molecule has 13 nitrogen and oxygen atoms in total. The highest BCUT2D eigenvalue weighted by atomic mass is 16.6. The zero-order valence-electron chi connectivity index (χ0n) is 18.5. The highest BCUT2D eigenvalue weighted by Crippen LogP contribution is 2.27. The third-order valence-electron chi connectivity index (χ3n) is 4.73. The topological polar surface area (TPSA) is 174 Å². The maximum absolute atomic E-state index is 13.1. The molecule has 3 aromatic heterocycles. The number of amides is 2. The Hall–Kier alpha value is -4.39. The maximum Gasteiger partial charge on any atom is 0.289 e. The first kappa shape index (κ1) is 24.3. The summed E-state index contributed by atoms with van der Waals surface area (Å²) >= 11 is 0. The molecule has 3 N–H and O–H groups in total. The summed E-state index contributed by atoms with van der Waals surface area (Å²) in [5.74, 6) is -0.869. The van der Waals surface area contributed by atoms with Gasteiger partial charge in [0.25, 0.3) is 17.5 Å². The molecule has 0 aliphatic carbocycles. The van der Waals surface area contributed by atoms with Gasteiger partial charge in [0.1, 0.15) is 24.2 Å². The number of aromatic nitrogens is 4. The lowest BCUT2D eigenvalue weighted by Crippen LogP contribution is -2.25. The van der Waals surface area contributed by atoms with Crippen molar-refractivity contribution in [3.05, 3.63) is 69.4 Å². The normalized spacial score (nSPS) is 10.5. The third-order valence-corrected chi connectivity index (χ3v) is 4.73. The Kier molecular flexibility index (Phi) is 8.18. The number of anilines is 1. The summed E-state index contributed by atoms with van der Waals surface area (Å²) in [5, 5.41) is 22.9. The van der Waals surface area contributed by atoms with E-state index in [1.165, 1.54) is 37.7 Å². The standard InChI is InChI=1S/C21H23N7O6/c1-3-14-15(4-6-22-18(14)12-23-20(30)16-5-7-25-27-16)19(29)26-17-10-13(28(31)32)11-24-21(17)34-9-8-33-2/h4-7,10-11H,3,8-9,12H2,1-2H3,(H,23,30)(H,25,27)(H,26,29). The van der Waals surface area contributed by atoms with Crippen LogP contribution < -0.4 is 15.4 Å². The molecular formula is C21H23N7O6. The lowest BCUT2D eigenvalue weighted by molar-refractivity contribution is -0.385. The van der Waals surface area contributed by atoms with E-state index < -0.39 is 10.8 Å². The number of rotatable bonds is 11. The summed E-state index contributed by atoms with van der Waals surface area (Å²) in [6.45, 7) is 2.35. The van der Waals surface area contributed by atoms with Crippen molar-refractivity contribution in [3.63, 3.8) is 0 Å². The van der Waals surface area contributed by atoms with E-state index in [1.54, 1.807) is 0 Å². The fourth-order valence-corrected chi connectivity index (χ4v) is 3.09. The Morgan fingerprint density at radius 3 is 2.68 bits per heavy atom. The molecule has 0 fully saturated rings. The second-order valence-corrected chi connectivity index (χ2v) is 6.89. The van der Waals surface area contributed by atoms with Crippen LogP contribution in [0.4, 0.5) is 11.4 Å². The number of carbonyl (C=O) groups is 2. The van der Waals surface area contributed by atoms with Gasteiger partial charge in [0.05, 0.1) is 23.8 Å². The minimum absolute atomic E-state index is 0.0233. The van der Waals surface area contributed by atoms with Gasteiger partial charge in [-0.05, 0) is 24.1 Å². The second-order valence-electron chi connectivity index (χ2n) is 6.89. The summed E-state index contributed by atoms with van der Waals surface area (Å²) in [6.07, 6.45) is 4.41. The average Bonchev–Trinajstić information content (AvgIpc) is 3.38. The second kappa shape index (κ2) is 11.5. The Balaban J connectivity index is 1.82. The summed E-state index contributed by atoms with van der Waals surface area (Å²) < 4.78 is 10.4. The van der Waals surface area contributed by atoms with E-state index >= 15 is 0 Å². The quantitative estimate of drug-likeness (QED) is 0.215. The predicted molar refractivity (Wildman–Crippen MR) is 120 cm³/mol. The average molecular weight is 469 g/mol. The smallest absolute Gasteiger partial charge is 0.289 e. The van der Waals surface area contributed by atoms with Gasteiger partial charge in [-0.15, -0.1) is 0 Å². The molecule has 13 heteroatoms. The molecular weight excluding hydrogens is 446 g/mol. The molecule has 0 aromatic carbocycles. The number of hydrogen-bond acceptors (Lipinski definition) is 9. The van der Waals surface area contributed by atoms with Crippen molar-refractivity contribution in [1.82, 2.24) is 25.5 Å².